The van der Waals surface area contributed by atoms with Crippen LogP contribution in [0, 0.1) is 11.8 Å². The summed E-state index contributed by atoms with van der Waals surface area (Å²) in [7, 11) is 0. The standard InChI is InChI=1S/C16H27N3O2/c1-12(13-4-2-5-13)17-16(21)19-9-3-8-18(10-11-19)15(20)14-6-7-14/h12-14H,2-11H2,1H3,(H,17,21)/t12-/m1/s1. The quantitative estimate of drug-likeness (QED) is 0.863. The third-order valence-electron chi connectivity index (χ3n) is 5.23. The van der Waals surface area contributed by atoms with Crippen LogP contribution in [-0.4, -0.2) is 54.0 Å². The zero-order chi connectivity index (χ0) is 14.8. The Balaban J connectivity index is 1.47. The lowest BCUT2D eigenvalue weighted by molar-refractivity contribution is -0.132. The summed E-state index contributed by atoms with van der Waals surface area (Å²) in [5.41, 5.74) is 0. The van der Waals surface area contributed by atoms with E-state index in [4.69, 9.17) is 0 Å². The van der Waals surface area contributed by atoms with Gasteiger partial charge in [0.25, 0.3) is 0 Å². The van der Waals surface area contributed by atoms with Crippen molar-refractivity contribution in [1.82, 2.24) is 15.1 Å². The van der Waals surface area contributed by atoms with E-state index in [0.717, 1.165) is 32.4 Å². The van der Waals surface area contributed by atoms with Crippen LogP contribution in [0.15, 0.2) is 0 Å². The molecule has 0 unspecified atom stereocenters. The molecule has 1 saturated heterocycles. The van der Waals surface area contributed by atoms with Crippen LogP contribution in [0.1, 0.15) is 45.4 Å². The number of nitrogens with one attached hydrogen (secondary N) is 1. The van der Waals surface area contributed by atoms with Crippen molar-refractivity contribution in [3.05, 3.63) is 0 Å². The number of carbonyl (C=O) groups excluding carboxylic acids is 2. The molecule has 3 amide bonds. The first-order chi connectivity index (χ1) is 10.1. The Labute approximate surface area is 127 Å². The minimum Gasteiger partial charge on any atom is -0.341 e. The van der Waals surface area contributed by atoms with Crippen molar-refractivity contribution in [2.75, 3.05) is 26.2 Å². The molecule has 3 aliphatic rings. The van der Waals surface area contributed by atoms with E-state index in [-0.39, 0.29) is 18.0 Å². The first-order valence-corrected chi connectivity index (χ1v) is 8.49. The van der Waals surface area contributed by atoms with Crippen molar-refractivity contribution in [1.29, 1.82) is 0 Å². The third kappa shape index (κ3) is 3.50. The maximum Gasteiger partial charge on any atom is 0.317 e. The highest BCUT2D eigenvalue weighted by Gasteiger charge is 2.34. The van der Waals surface area contributed by atoms with E-state index >= 15 is 0 Å². The molecule has 0 aromatic rings. The minimum absolute atomic E-state index is 0.0510. The summed E-state index contributed by atoms with van der Waals surface area (Å²) < 4.78 is 0. The van der Waals surface area contributed by atoms with E-state index in [0.29, 0.717) is 24.9 Å². The summed E-state index contributed by atoms with van der Waals surface area (Å²) in [5.74, 6) is 1.25. The van der Waals surface area contributed by atoms with E-state index in [1.165, 1.54) is 19.3 Å². The van der Waals surface area contributed by atoms with Crippen molar-refractivity contribution < 1.29 is 9.59 Å². The SMILES string of the molecule is C[C@@H](NC(=O)N1CCCN(C(=O)C2CC2)CC1)C1CCC1. The Morgan fingerprint density at radius 2 is 1.62 bits per heavy atom. The molecule has 0 bridgehead atoms. The van der Waals surface area contributed by atoms with Crippen molar-refractivity contribution in [3.8, 4) is 0 Å². The predicted octanol–water partition coefficient (Wildman–Crippen LogP) is 1.83. The maximum absolute atomic E-state index is 12.3. The van der Waals surface area contributed by atoms with Crippen LogP contribution < -0.4 is 5.32 Å². The fourth-order valence-electron chi connectivity index (χ4n) is 3.27. The molecule has 1 atom stereocenters. The van der Waals surface area contributed by atoms with Gasteiger partial charge in [0.2, 0.25) is 5.91 Å². The zero-order valence-corrected chi connectivity index (χ0v) is 13.0. The smallest absolute Gasteiger partial charge is 0.317 e. The third-order valence-corrected chi connectivity index (χ3v) is 5.23. The topological polar surface area (TPSA) is 52.7 Å². The zero-order valence-electron chi connectivity index (χ0n) is 13.0. The van der Waals surface area contributed by atoms with Gasteiger partial charge >= 0.3 is 6.03 Å². The molecule has 5 heteroatoms. The lowest BCUT2D eigenvalue weighted by Gasteiger charge is -2.33. The van der Waals surface area contributed by atoms with Gasteiger partial charge in [0.1, 0.15) is 0 Å². The highest BCUT2D eigenvalue weighted by molar-refractivity contribution is 5.81. The predicted molar refractivity (Wildman–Crippen MR) is 80.8 cm³/mol. The Morgan fingerprint density at radius 1 is 0.952 bits per heavy atom. The number of urea groups is 1. The van der Waals surface area contributed by atoms with Gasteiger partial charge in [0.15, 0.2) is 0 Å². The van der Waals surface area contributed by atoms with Gasteiger partial charge in [-0.3, -0.25) is 4.79 Å². The summed E-state index contributed by atoms with van der Waals surface area (Å²) in [5, 5.41) is 3.14. The molecule has 0 radical (unpaired) electrons. The second-order valence-electron chi connectivity index (χ2n) is 6.87. The molecule has 3 fully saturated rings. The summed E-state index contributed by atoms with van der Waals surface area (Å²) >= 11 is 0. The van der Waals surface area contributed by atoms with Gasteiger partial charge in [0.05, 0.1) is 0 Å². The Bertz CT molecular complexity index is 404. The van der Waals surface area contributed by atoms with Crippen molar-refractivity contribution >= 4 is 11.9 Å². The fourth-order valence-corrected chi connectivity index (χ4v) is 3.27. The van der Waals surface area contributed by atoms with Gasteiger partial charge in [-0.05, 0) is 44.9 Å². The molecule has 118 valence electrons. The van der Waals surface area contributed by atoms with Crippen molar-refractivity contribution in [2.45, 2.75) is 51.5 Å². The monoisotopic (exact) mass is 293 g/mol. The van der Waals surface area contributed by atoms with Gasteiger partial charge in [-0.1, -0.05) is 6.42 Å². The second kappa shape index (κ2) is 6.24. The lowest BCUT2D eigenvalue weighted by Crippen LogP contribution is -2.48. The summed E-state index contributed by atoms with van der Waals surface area (Å²) in [6.45, 7) is 5.04. The first-order valence-electron chi connectivity index (χ1n) is 8.49. The van der Waals surface area contributed by atoms with Crippen molar-refractivity contribution in [3.63, 3.8) is 0 Å². The second-order valence-corrected chi connectivity index (χ2v) is 6.87. The molecule has 0 aromatic heterocycles. The lowest BCUT2D eigenvalue weighted by atomic mass is 9.80. The highest BCUT2D eigenvalue weighted by atomic mass is 16.2. The largest absolute Gasteiger partial charge is 0.341 e. The van der Waals surface area contributed by atoms with Crippen LogP contribution in [0.4, 0.5) is 4.79 Å². The number of carbonyl (C=O) groups is 2. The number of hydrogen-bond acceptors (Lipinski definition) is 2. The summed E-state index contributed by atoms with van der Waals surface area (Å²) in [6.07, 6.45) is 6.78. The molecule has 2 aliphatic carbocycles. The number of amides is 3. The van der Waals surface area contributed by atoms with E-state index in [2.05, 4.69) is 12.2 Å². The molecule has 1 aliphatic heterocycles. The molecule has 0 spiro atoms. The van der Waals surface area contributed by atoms with Crippen LogP contribution in [0.25, 0.3) is 0 Å². The average Bonchev–Trinajstić information content (AvgIpc) is 3.22. The van der Waals surface area contributed by atoms with E-state index < -0.39 is 0 Å². The molecule has 5 nitrogen and oxygen atoms in total. The molecular formula is C16H27N3O2. The minimum atomic E-state index is 0.0510. The Kier molecular flexibility index (Phi) is 4.36. The number of rotatable bonds is 3. The molecule has 1 heterocycles. The fraction of sp³-hybridized carbons (Fsp3) is 0.875. The molecule has 3 rings (SSSR count). The van der Waals surface area contributed by atoms with Crippen LogP contribution in [0.2, 0.25) is 0 Å². The molecule has 0 aromatic carbocycles. The Morgan fingerprint density at radius 3 is 2.24 bits per heavy atom. The average molecular weight is 293 g/mol. The van der Waals surface area contributed by atoms with E-state index in [1.807, 2.05) is 9.80 Å². The van der Waals surface area contributed by atoms with Gasteiger partial charge < -0.3 is 15.1 Å². The van der Waals surface area contributed by atoms with Crippen LogP contribution >= 0.6 is 0 Å². The first kappa shape index (κ1) is 14.7. The van der Waals surface area contributed by atoms with E-state index in [9.17, 15) is 9.59 Å². The maximum atomic E-state index is 12.3. The molecular weight excluding hydrogens is 266 g/mol. The summed E-state index contributed by atoms with van der Waals surface area (Å²) in [6, 6.07) is 0.328. The van der Waals surface area contributed by atoms with Gasteiger partial charge in [0, 0.05) is 38.1 Å². The molecule has 2 saturated carbocycles. The van der Waals surface area contributed by atoms with Crippen molar-refractivity contribution in [2.24, 2.45) is 11.8 Å². The molecule has 21 heavy (non-hydrogen) atoms. The number of hydrogen-bond donors (Lipinski definition) is 1. The van der Waals surface area contributed by atoms with Crippen LogP contribution in [-0.2, 0) is 4.79 Å². The number of nitrogens with zero attached hydrogens (tertiary/aromatic N) is 2. The van der Waals surface area contributed by atoms with Crippen LogP contribution in [0.5, 0.6) is 0 Å². The Hall–Kier alpha value is -1.26. The highest BCUT2D eigenvalue weighted by Crippen LogP contribution is 2.31. The normalized spacial score (nSPS) is 25.0. The van der Waals surface area contributed by atoms with Gasteiger partial charge in [-0.2, -0.15) is 0 Å². The van der Waals surface area contributed by atoms with Gasteiger partial charge in [-0.15, -0.1) is 0 Å². The van der Waals surface area contributed by atoms with Crippen LogP contribution in [0.3, 0.4) is 0 Å². The summed E-state index contributed by atoms with van der Waals surface area (Å²) in [4.78, 5) is 28.3. The van der Waals surface area contributed by atoms with E-state index in [1.54, 1.807) is 0 Å². The molecule has 1 N–H and O–H groups in total. The van der Waals surface area contributed by atoms with Gasteiger partial charge in [-0.25, -0.2) is 4.79 Å².